The number of pyridine rings is 1. The second-order valence-electron chi connectivity index (χ2n) is 6.59. The number of piperidine rings is 1. The van der Waals surface area contributed by atoms with Gasteiger partial charge in [-0.15, -0.1) is 0 Å². The Labute approximate surface area is 153 Å². The summed E-state index contributed by atoms with van der Waals surface area (Å²) in [4.78, 5) is 31.0. The fourth-order valence-corrected chi connectivity index (χ4v) is 3.18. The highest BCUT2D eigenvalue weighted by Crippen LogP contribution is 2.22. The highest BCUT2D eigenvalue weighted by molar-refractivity contribution is 6.07. The number of ether oxygens (including phenoxy) is 1. The van der Waals surface area contributed by atoms with Gasteiger partial charge in [0.2, 0.25) is 0 Å². The molecule has 0 radical (unpaired) electrons. The second kappa shape index (κ2) is 7.99. The van der Waals surface area contributed by atoms with Gasteiger partial charge < -0.3 is 15.0 Å². The molecule has 3 rings (SSSR count). The number of nitrogens with zero attached hydrogens (tertiary/aromatic N) is 2. The number of amides is 1. The van der Waals surface area contributed by atoms with Gasteiger partial charge in [-0.2, -0.15) is 0 Å². The molecule has 6 heteroatoms. The van der Waals surface area contributed by atoms with Crippen LogP contribution in [0.4, 0.5) is 11.5 Å². The number of rotatable bonds is 4. The molecule has 0 spiro atoms. The number of hydrogen-bond acceptors (Lipinski definition) is 5. The number of carbonyl (C=O) groups excluding carboxylic acids is 2. The Bertz CT molecular complexity index is 789. The highest BCUT2D eigenvalue weighted by atomic mass is 16.5. The third-order valence-electron chi connectivity index (χ3n) is 4.57. The van der Waals surface area contributed by atoms with Crippen molar-refractivity contribution in [1.29, 1.82) is 0 Å². The van der Waals surface area contributed by atoms with Gasteiger partial charge in [-0.25, -0.2) is 9.78 Å². The summed E-state index contributed by atoms with van der Waals surface area (Å²) in [5, 5.41) is 2.75. The Kier molecular flexibility index (Phi) is 5.51. The van der Waals surface area contributed by atoms with Crippen molar-refractivity contribution in [3.8, 4) is 0 Å². The lowest BCUT2D eigenvalue weighted by Crippen LogP contribution is -2.34. The number of hydrogen-bond donors (Lipinski definition) is 1. The van der Waals surface area contributed by atoms with Gasteiger partial charge in [0, 0.05) is 19.3 Å². The minimum Gasteiger partial charge on any atom is -0.465 e. The first-order chi connectivity index (χ1) is 12.6. The highest BCUT2D eigenvalue weighted by Gasteiger charge is 2.18. The van der Waals surface area contributed by atoms with Crippen LogP contribution in [0, 0.1) is 5.92 Å². The lowest BCUT2D eigenvalue weighted by atomic mass is 10.0. The Hall–Kier alpha value is -2.89. The second-order valence-corrected chi connectivity index (χ2v) is 6.59. The summed E-state index contributed by atoms with van der Waals surface area (Å²) in [5.74, 6) is 0.743. The molecule has 1 fully saturated rings. The van der Waals surface area contributed by atoms with Crippen LogP contribution in [-0.4, -0.2) is 37.1 Å². The van der Waals surface area contributed by atoms with Crippen LogP contribution in [0.5, 0.6) is 0 Å². The van der Waals surface area contributed by atoms with Gasteiger partial charge in [-0.1, -0.05) is 19.1 Å². The molecule has 1 aromatic carbocycles. The zero-order valence-electron chi connectivity index (χ0n) is 15.1. The molecule has 2 heterocycles. The van der Waals surface area contributed by atoms with Crippen molar-refractivity contribution >= 4 is 23.4 Å². The summed E-state index contributed by atoms with van der Waals surface area (Å²) in [5.41, 5.74) is 1.17. The molecule has 2 aromatic rings. The zero-order chi connectivity index (χ0) is 18.5. The Morgan fingerprint density at radius 2 is 2.04 bits per heavy atom. The lowest BCUT2D eigenvalue weighted by molar-refractivity contribution is 0.0602. The normalized spacial score (nSPS) is 16.8. The van der Waals surface area contributed by atoms with Crippen LogP contribution in [0.2, 0.25) is 0 Å². The molecule has 1 N–H and O–H groups in total. The summed E-state index contributed by atoms with van der Waals surface area (Å²) in [6.45, 7) is 4.23. The van der Waals surface area contributed by atoms with E-state index in [1.807, 2.05) is 6.07 Å². The zero-order valence-corrected chi connectivity index (χ0v) is 15.1. The van der Waals surface area contributed by atoms with Crippen molar-refractivity contribution in [2.45, 2.75) is 19.8 Å². The van der Waals surface area contributed by atoms with Crippen molar-refractivity contribution in [2.24, 2.45) is 5.92 Å². The minimum atomic E-state index is -0.492. The monoisotopic (exact) mass is 353 g/mol. The largest absolute Gasteiger partial charge is 0.465 e. The first kappa shape index (κ1) is 17.9. The number of anilines is 2. The van der Waals surface area contributed by atoms with Crippen LogP contribution < -0.4 is 10.2 Å². The molecule has 1 aromatic heterocycles. The molecule has 26 heavy (non-hydrogen) atoms. The molecular weight excluding hydrogens is 330 g/mol. The van der Waals surface area contributed by atoms with Gasteiger partial charge >= 0.3 is 5.97 Å². The van der Waals surface area contributed by atoms with Crippen molar-refractivity contribution < 1.29 is 14.3 Å². The van der Waals surface area contributed by atoms with E-state index in [0.717, 1.165) is 25.3 Å². The van der Waals surface area contributed by atoms with Gasteiger partial charge in [0.05, 0.1) is 23.9 Å². The molecule has 1 atom stereocenters. The Morgan fingerprint density at radius 1 is 1.23 bits per heavy atom. The van der Waals surface area contributed by atoms with Crippen LogP contribution in [-0.2, 0) is 4.74 Å². The topological polar surface area (TPSA) is 71.5 Å². The van der Waals surface area contributed by atoms with Crippen molar-refractivity contribution in [1.82, 2.24) is 4.98 Å². The van der Waals surface area contributed by atoms with E-state index in [9.17, 15) is 9.59 Å². The fourth-order valence-electron chi connectivity index (χ4n) is 3.18. The van der Waals surface area contributed by atoms with Crippen molar-refractivity contribution in [3.05, 3.63) is 53.7 Å². The molecule has 136 valence electrons. The number of nitrogens with one attached hydrogen (secondary N) is 1. The number of esters is 1. The van der Waals surface area contributed by atoms with Crippen molar-refractivity contribution in [3.63, 3.8) is 0 Å². The third-order valence-corrected chi connectivity index (χ3v) is 4.57. The molecule has 1 aliphatic rings. The molecule has 1 amide bonds. The third kappa shape index (κ3) is 4.02. The van der Waals surface area contributed by atoms with Gasteiger partial charge in [0.15, 0.2) is 0 Å². The maximum atomic E-state index is 12.5. The minimum absolute atomic E-state index is 0.313. The van der Waals surface area contributed by atoms with E-state index in [4.69, 9.17) is 4.74 Å². The molecule has 0 saturated carbocycles. The van der Waals surface area contributed by atoms with E-state index in [2.05, 4.69) is 22.1 Å². The molecule has 1 saturated heterocycles. The van der Waals surface area contributed by atoms with Crippen LogP contribution in [0.25, 0.3) is 0 Å². The standard InChI is InChI=1S/C20H23N3O3/c1-14-6-5-11-23(13-14)18-10-9-15(12-21-18)19(24)22-17-8-4-3-7-16(17)20(25)26-2/h3-4,7-10,12,14H,5-6,11,13H2,1-2H3,(H,22,24). The van der Waals surface area contributed by atoms with Crippen LogP contribution in [0.3, 0.4) is 0 Å². The molecule has 1 aliphatic heterocycles. The molecule has 0 bridgehead atoms. The molecule has 6 nitrogen and oxygen atoms in total. The van der Waals surface area contributed by atoms with Gasteiger partial charge in [0.25, 0.3) is 5.91 Å². The smallest absolute Gasteiger partial charge is 0.339 e. The molecule has 0 aliphatic carbocycles. The van der Waals surface area contributed by atoms with Crippen molar-refractivity contribution in [2.75, 3.05) is 30.4 Å². The van der Waals surface area contributed by atoms with Gasteiger partial charge in [-0.05, 0) is 43.0 Å². The number of para-hydroxylation sites is 1. The predicted molar refractivity (Wildman–Crippen MR) is 101 cm³/mol. The fraction of sp³-hybridized carbons (Fsp3) is 0.350. The van der Waals surface area contributed by atoms with Gasteiger partial charge in [-0.3, -0.25) is 4.79 Å². The van der Waals surface area contributed by atoms with E-state index < -0.39 is 5.97 Å². The SMILES string of the molecule is COC(=O)c1ccccc1NC(=O)c1ccc(N2CCCC(C)C2)nc1. The van der Waals surface area contributed by atoms with E-state index in [-0.39, 0.29) is 5.91 Å². The summed E-state index contributed by atoms with van der Waals surface area (Å²) in [7, 11) is 1.31. The summed E-state index contributed by atoms with van der Waals surface area (Å²) >= 11 is 0. The first-order valence-corrected chi connectivity index (χ1v) is 8.78. The maximum absolute atomic E-state index is 12.5. The van der Waals surface area contributed by atoms with Crippen LogP contribution >= 0.6 is 0 Å². The average Bonchev–Trinajstić information content (AvgIpc) is 2.68. The Balaban J connectivity index is 1.72. The average molecular weight is 353 g/mol. The lowest BCUT2D eigenvalue weighted by Gasteiger charge is -2.31. The molecule has 1 unspecified atom stereocenters. The number of carbonyl (C=O) groups is 2. The van der Waals surface area contributed by atoms with E-state index in [0.29, 0.717) is 22.7 Å². The number of methoxy groups -OCH3 is 1. The predicted octanol–water partition coefficient (Wildman–Crippen LogP) is 3.36. The molecular formula is C20H23N3O3. The van der Waals surface area contributed by atoms with Crippen LogP contribution in [0.15, 0.2) is 42.6 Å². The summed E-state index contributed by atoms with van der Waals surface area (Å²) in [6.07, 6.45) is 3.98. The van der Waals surface area contributed by atoms with E-state index in [1.54, 1.807) is 36.5 Å². The summed E-state index contributed by atoms with van der Waals surface area (Å²) in [6, 6.07) is 10.4. The summed E-state index contributed by atoms with van der Waals surface area (Å²) < 4.78 is 4.75. The quantitative estimate of drug-likeness (QED) is 0.854. The van der Waals surface area contributed by atoms with Gasteiger partial charge in [0.1, 0.15) is 5.82 Å². The number of benzene rings is 1. The number of aromatic nitrogens is 1. The Morgan fingerprint density at radius 3 is 2.73 bits per heavy atom. The van der Waals surface area contributed by atoms with E-state index in [1.165, 1.54) is 13.5 Å². The maximum Gasteiger partial charge on any atom is 0.339 e. The first-order valence-electron chi connectivity index (χ1n) is 8.78. The van der Waals surface area contributed by atoms with E-state index >= 15 is 0 Å². The van der Waals surface area contributed by atoms with Crippen LogP contribution in [0.1, 0.15) is 40.5 Å².